The monoisotopic (exact) mass is 95.0 g/mol. The van der Waals surface area contributed by atoms with E-state index < -0.39 is 0 Å². The van der Waals surface area contributed by atoms with E-state index >= 15 is 0 Å². The molecule has 2 heteroatoms. The molecule has 0 aromatic rings. The average Bonchev–Trinajstić information content (AvgIpc) is 2.14. The molecule has 0 saturated heterocycles. The predicted octanol–water partition coefficient (Wildman–Crippen LogP) is 0.814. The van der Waals surface area contributed by atoms with Gasteiger partial charge in [0.2, 0.25) is 0 Å². The molecule has 0 saturated carbocycles. The van der Waals surface area contributed by atoms with Gasteiger partial charge >= 0.3 is 0 Å². The SMILES string of the molecule is N#CC1=COCC1. The number of ether oxygens (including phenoxy) is 1. The molecule has 0 fully saturated rings. The first-order valence-electron chi connectivity index (χ1n) is 2.14. The van der Waals surface area contributed by atoms with Crippen molar-refractivity contribution >= 4 is 0 Å². The molecule has 0 bridgehead atoms. The normalized spacial score (nSPS) is 17.3. The summed E-state index contributed by atoms with van der Waals surface area (Å²) in [6.07, 6.45) is 2.30. The van der Waals surface area contributed by atoms with Gasteiger partial charge in [0.05, 0.1) is 24.5 Å². The molecule has 7 heavy (non-hydrogen) atoms. The Labute approximate surface area is 42.0 Å². The van der Waals surface area contributed by atoms with Gasteiger partial charge in [0, 0.05) is 6.42 Å². The summed E-state index contributed by atoms with van der Waals surface area (Å²) in [6, 6.07) is 2.00. The summed E-state index contributed by atoms with van der Waals surface area (Å²) in [5.74, 6) is 0. The Morgan fingerprint density at radius 1 is 1.86 bits per heavy atom. The maximum absolute atomic E-state index is 8.17. The van der Waals surface area contributed by atoms with Crippen LogP contribution in [-0.4, -0.2) is 6.61 Å². The summed E-state index contributed by atoms with van der Waals surface area (Å²) in [5.41, 5.74) is 0.750. The van der Waals surface area contributed by atoms with E-state index in [-0.39, 0.29) is 0 Å². The van der Waals surface area contributed by atoms with Crippen molar-refractivity contribution in [3.63, 3.8) is 0 Å². The van der Waals surface area contributed by atoms with Gasteiger partial charge in [-0.05, 0) is 0 Å². The molecule has 0 radical (unpaired) electrons. The molecule has 1 rings (SSSR count). The van der Waals surface area contributed by atoms with Gasteiger partial charge in [0.25, 0.3) is 0 Å². The summed E-state index contributed by atoms with van der Waals surface area (Å²) in [4.78, 5) is 0. The molecule has 0 unspecified atom stereocenters. The van der Waals surface area contributed by atoms with Gasteiger partial charge in [-0.3, -0.25) is 0 Å². The van der Waals surface area contributed by atoms with E-state index in [1.165, 1.54) is 6.26 Å². The first-order chi connectivity index (χ1) is 3.43. The van der Waals surface area contributed by atoms with Gasteiger partial charge in [-0.1, -0.05) is 0 Å². The number of hydrogen-bond donors (Lipinski definition) is 0. The van der Waals surface area contributed by atoms with Crippen LogP contribution in [0.1, 0.15) is 6.42 Å². The van der Waals surface area contributed by atoms with E-state index in [2.05, 4.69) is 0 Å². The summed E-state index contributed by atoms with van der Waals surface area (Å²) in [5, 5.41) is 8.17. The molecule has 0 aliphatic carbocycles. The first-order valence-corrected chi connectivity index (χ1v) is 2.14. The fourth-order valence-electron chi connectivity index (χ4n) is 0.470. The number of rotatable bonds is 0. The van der Waals surface area contributed by atoms with Crippen LogP contribution in [0.4, 0.5) is 0 Å². The van der Waals surface area contributed by atoms with Crippen LogP contribution in [0.15, 0.2) is 11.8 Å². The zero-order chi connectivity index (χ0) is 5.11. The highest BCUT2D eigenvalue weighted by Crippen LogP contribution is 2.06. The minimum atomic E-state index is 0.683. The Hall–Kier alpha value is -0.970. The molecule has 1 heterocycles. The van der Waals surface area contributed by atoms with E-state index in [4.69, 9.17) is 10.00 Å². The molecular weight excluding hydrogens is 90.1 g/mol. The van der Waals surface area contributed by atoms with Crippen LogP contribution in [0.25, 0.3) is 0 Å². The van der Waals surface area contributed by atoms with E-state index in [9.17, 15) is 0 Å². The molecule has 36 valence electrons. The molecule has 2 nitrogen and oxygen atoms in total. The molecule has 1 aliphatic rings. The molecule has 0 aromatic heterocycles. The molecule has 0 N–H and O–H groups in total. The van der Waals surface area contributed by atoms with E-state index in [0.717, 1.165) is 12.0 Å². The van der Waals surface area contributed by atoms with Crippen molar-refractivity contribution in [2.24, 2.45) is 0 Å². The zero-order valence-electron chi connectivity index (χ0n) is 3.85. The maximum atomic E-state index is 8.17. The average molecular weight is 95.1 g/mol. The molecule has 0 spiro atoms. The van der Waals surface area contributed by atoms with Crippen LogP contribution in [0.3, 0.4) is 0 Å². The minimum Gasteiger partial charge on any atom is -0.500 e. The lowest BCUT2D eigenvalue weighted by Crippen LogP contribution is -1.74. The Kier molecular flexibility index (Phi) is 0.991. The lowest BCUT2D eigenvalue weighted by Gasteiger charge is -1.79. The Morgan fingerprint density at radius 3 is 3.00 bits per heavy atom. The summed E-state index contributed by atoms with van der Waals surface area (Å²) < 4.78 is 4.76. The van der Waals surface area contributed by atoms with E-state index in [1.807, 2.05) is 6.07 Å². The Bertz CT molecular complexity index is 132. The van der Waals surface area contributed by atoms with Crippen molar-refractivity contribution in [2.75, 3.05) is 6.61 Å². The third kappa shape index (κ3) is 0.716. The third-order valence-electron chi connectivity index (χ3n) is 0.858. The van der Waals surface area contributed by atoms with Crippen LogP contribution in [0.5, 0.6) is 0 Å². The second-order valence-corrected chi connectivity index (χ2v) is 1.38. The highest BCUT2D eigenvalue weighted by Gasteiger charge is 2.01. The topological polar surface area (TPSA) is 33.0 Å². The van der Waals surface area contributed by atoms with Crippen molar-refractivity contribution < 1.29 is 4.74 Å². The first kappa shape index (κ1) is 4.20. The highest BCUT2D eigenvalue weighted by molar-refractivity contribution is 5.20. The highest BCUT2D eigenvalue weighted by atomic mass is 16.5. The van der Waals surface area contributed by atoms with E-state index in [1.54, 1.807) is 0 Å². The van der Waals surface area contributed by atoms with Crippen LogP contribution in [0, 0.1) is 11.3 Å². The van der Waals surface area contributed by atoms with Crippen LogP contribution >= 0.6 is 0 Å². The molecule has 1 aliphatic heterocycles. The standard InChI is InChI=1S/C5H5NO/c6-3-5-1-2-7-4-5/h4H,1-2H2. The number of nitriles is 1. The summed E-state index contributed by atoms with van der Waals surface area (Å²) >= 11 is 0. The van der Waals surface area contributed by atoms with Crippen molar-refractivity contribution in [2.45, 2.75) is 6.42 Å². The predicted molar refractivity (Wildman–Crippen MR) is 24.3 cm³/mol. The van der Waals surface area contributed by atoms with Crippen LogP contribution in [0.2, 0.25) is 0 Å². The quantitative estimate of drug-likeness (QED) is 0.446. The Balaban J connectivity index is 2.57. The van der Waals surface area contributed by atoms with Gasteiger partial charge in [-0.15, -0.1) is 0 Å². The zero-order valence-corrected chi connectivity index (χ0v) is 3.85. The van der Waals surface area contributed by atoms with Crippen molar-refractivity contribution in [3.05, 3.63) is 11.8 Å². The largest absolute Gasteiger partial charge is 0.500 e. The fraction of sp³-hybridized carbons (Fsp3) is 0.400. The summed E-state index contributed by atoms with van der Waals surface area (Å²) in [6.45, 7) is 0.683. The van der Waals surface area contributed by atoms with Crippen LogP contribution in [-0.2, 0) is 4.74 Å². The van der Waals surface area contributed by atoms with Gasteiger partial charge in [-0.25, -0.2) is 0 Å². The Morgan fingerprint density at radius 2 is 2.71 bits per heavy atom. The van der Waals surface area contributed by atoms with Gasteiger partial charge in [-0.2, -0.15) is 5.26 Å². The van der Waals surface area contributed by atoms with Gasteiger partial charge < -0.3 is 4.74 Å². The molecule has 0 amide bonds. The number of nitrogens with zero attached hydrogens (tertiary/aromatic N) is 1. The summed E-state index contributed by atoms with van der Waals surface area (Å²) in [7, 11) is 0. The van der Waals surface area contributed by atoms with Crippen molar-refractivity contribution in [1.29, 1.82) is 5.26 Å². The van der Waals surface area contributed by atoms with E-state index in [0.29, 0.717) is 6.61 Å². The number of hydrogen-bond acceptors (Lipinski definition) is 2. The van der Waals surface area contributed by atoms with Gasteiger partial charge in [0.1, 0.15) is 0 Å². The second-order valence-electron chi connectivity index (χ2n) is 1.38. The fourth-order valence-corrected chi connectivity index (χ4v) is 0.470. The second kappa shape index (κ2) is 1.65. The smallest absolute Gasteiger partial charge is 0.0980 e. The van der Waals surface area contributed by atoms with Crippen molar-refractivity contribution in [1.82, 2.24) is 0 Å². The lowest BCUT2D eigenvalue weighted by molar-refractivity contribution is 0.281. The third-order valence-corrected chi connectivity index (χ3v) is 0.858. The minimum absolute atomic E-state index is 0.683. The van der Waals surface area contributed by atoms with Crippen molar-refractivity contribution in [3.8, 4) is 6.07 Å². The van der Waals surface area contributed by atoms with Gasteiger partial charge in [0.15, 0.2) is 0 Å². The van der Waals surface area contributed by atoms with Crippen LogP contribution < -0.4 is 0 Å². The molecule has 0 atom stereocenters. The molecule has 0 aromatic carbocycles. The maximum Gasteiger partial charge on any atom is 0.0980 e. The lowest BCUT2D eigenvalue weighted by atomic mass is 10.3. The molecular formula is C5H5NO.